The van der Waals surface area contributed by atoms with Crippen molar-refractivity contribution in [1.82, 2.24) is 4.65 Å². The zero-order valence-electron chi connectivity index (χ0n) is 4.78. The summed E-state index contributed by atoms with van der Waals surface area (Å²) in [7, 11) is -0.181. The molecule has 1 N–H and O–H groups in total. The molecule has 0 rings (SSSR count). The molecule has 0 aliphatic carbocycles. The molecule has 0 aromatic rings. The van der Waals surface area contributed by atoms with Crippen molar-refractivity contribution in [1.29, 1.82) is 0 Å². The van der Waals surface area contributed by atoms with E-state index in [0.29, 0.717) is 0 Å². The van der Waals surface area contributed by atoms with Crippen molar-refractivity contribution >= 4 is 18.6 Å². The molecule has 0 spiro atoms. The molecule has 0 heterocycles. The Morgan fingerprint density at radius 2 is 2.00 bits per heavy atom. The molecule has 3 heteroatoms. The highest BCUT2D eigenvalue weighted by atomic mass is 28.3. The van der Waals surface area contributed by atoms with Crippen molar-refractivity contribution in [2.45, 2.75) is 19.6 Å². The molecule has 0 aliphatic heterocycles. The van der Waals surface area contributed by atoms with Gasteiger partial charge in [0.15, 0.2) is 0 Å². The topological polar surface area (TPSA) is 12.0 Å². The molecule has 0 fully saturated rings. The lowest BCUT2D eigenvalue weighted by molar-refractivity contribution is 1.50. The molecular formula is C3H13NSi2. The Kier molecular flexibility index (Phi) is 3.81. The predicted octanol–water partition coefficient (Wildman–Crippen LogP) is -0.309. The highest BCUT2D eigenvalue weighted by Crippen LogP contribution is 1.65. The summed E-state index contributed by atoms with van der Waals surface area (Å²) in [5, 5.41) is 0. The van der Waals surface area contributed by atoms with E-state index in [0.717, 1.165) is 0 Å². The Labute approximate surface area is 43.7 Å². The van der Waals surface area contributed by atoms with E-state index >= 15 is 0 Å². The number of nitrogens with one attached hydrogen (secondary N) is 1. The van der Waals surface area contributed by atoms with Gasteiger partial charge in [0.25, 0.3) is 0 Å². The number of rotatable bonds is 2. The third-order valence-electron chi connectivity index (χ3n) is 0.612. The van der Waals surface area contributed by atoms with Crippen LogP contribution in [0.15, 0.2) is 0 Å². The maximum Gasteiger partial charge on any atom is 0.0951 e. The van der Waals surface area contributed by atoms with E-state index in [9.17, 15) is 0 Å². The fourth-order valence-corrected chi connectivity index (χ4v) is 3.67. The van der Waals surface area contributed by atoms with Crippen LogP contribution >= 0.6 is 0 Å². The van der Waals surface area contributed by atoms with Crippen LogP contribution in [0.3, 0.4) is 0 Å². The van der Waals surface area contributed by atoms with Crippen LogP contribution in [-0.2, 0) is 0 Å². The lowest BCUT2D eigenvalue weighted by Crippen LogP contribution is -2.28. The Hall–Kier alpha value is 0.394. The SMILES string of the molecule is C[SiH2]N[SiH](C)C. The van der Waals surface area contributed by atoms with Gasteiger partial charge in [-0.15, -0.1) is 0 Å². The molecule has 0 aliphatic rings. The molecule has 0 saturated heterocycles. The van der Waals surface area contributed by atoms with E-state index in [1.807, 2.05) is 0 Å². The van der Waals surface area contributed by atoms with Crippen molar-refractivity contribution in [2.24, 2.45) is 0 Å². The van der Waals surface area contributed by atoms with Crippen molar-refractivity contribution < 1.29 is 0 Å². The molecular weight excluding hydrogens is 106 g/mol. The van der Waals surface area contributed by atoms with Crippen molar-refractivity contribution in [3.05, 3.63) is 0 Å². The summed E-state index contributed by atoms with van der Waals surface area (Å²) in [5.74, 6) is 0. The maximum atomic E-state index is 3.49. The van der Waals surface area contributed by atoms with Gasteiger partial charge in [-0.3, -0.25) is 0 Å². The first kappa shape index (κ1) is 6.39. The van der Waals surface area contributed by atoms with Crippen LogP contribution in [0.4, 0.5) is 0 Å². The first-order valence-corrected chi connectivity index (χ1v) is 7.51. The summed E-state index contributed by atoms with van der Waals surface area (Å²) in [4.78, 5) is 0. The third-order valence-corrected chi connectivity index (χ3v) is 5.51. The molecule has 1 nitrogen and oxygen atoms in total. The van der Waals surface area contributed by atoms with E-state index in [2.05, 4.69) is 24.3 Å². The first-order chi connectivity index (χ1) is 2.77. The van der Waals surface area contributed by atoms with E-state index < -0.39 is 0 Å². The van der Waals surface area contributed by atoms with Gasteiger partial charge in [0.2, 0.25) is 0 Å². The molecule has 0 aromatic heterocycles. The van der Waals surface area contributed by atoms with Gasteiger partial charge in [0.05, 0.1) is 18.6 Å². The second kappa shape index (κ2) is 3.58. The average Bonchev–Trinajstić information content (AvgIpc) is 1.35. The Morgan fingerprint density at radius 3 is 2.00 bits per heavy atom. The minimum absolute atomic E-state index is 0.178. The summed E-state index contributed by atoms with van der Waals surface area (Å²) in [6, 6.07) is 0. The van der Waals surface area contributed by atoms with Crippen LogP contribution in [0.2, 0.25) is 19.6 Å². The first-order valence-electron chi connectivity index (χ1n) is 2.50. The minimum Gasteiger partial charge on any atom is -0.367 e. The van der Waals surface area contributed by atoms with Crippen LogP contribution in [-0.4, -0.2) is 18.6 Å². The highest BCUT2D eigenvalue weighted by molar-refractivity contribution is 6.62. The second-order valence-electron chi connectivity index (χ2n) is 1.71. The Bertz CT molecular complexity index is 30.0. The van der Waals surface area contributed by atoms with Gasteiger partial charge in [-0.25, -0.2) is 0 Å². The molecule has 0 radical (unpaired) electrons. The van der Waals surface area contributed by atoms with Gasteiger partial charge in [-0.2, -0.15) is 0 Å². The smallest absolute Gasteiger partial charge is 0.0951 e. The van der Waals surface area contributed by atoms with Gasteiger partial charge in [0, 0.05) is 0 Å². The van der Waals surface area contributed by atoms with Crippen LogP contribution in [0.1, 0.15) is 0 Å². The highest BCUT2D eigenvalue weighted by Gasteiger charge is 1.85. The summed E-state index contributed by atoms with van der Waals surface area (Å²) in [6.07, 6.45) is 0. The number of hydrogen-bond acceptors (Lipinski definition) is 1. The van der Waals surface area contributed by atoms with Crippen LogP contribution in [0.25, 0.3) is 0 Å². The third kappa shape index (κ3) is 4.39. The number of hydrogen-bond donors (Lipinski definition) is 1. The lowest BCUT2D eigenvalue weighted by Gasteiger charge is -1.98. The van der Waals surface area contributed by atoms with Crippen LogP contribution < -0.4 is 4.65 Å². The summed E-state index contributed by atoms with van der Waals surface area (Å²) < 4.78 is 3.49. The fraction of sp³-hybridized carbons (Fsp3) is 1.00. The van der Waals surface area contributed by atoms with Gasteiger partial charge in [0.1, 0.15) is 0 Å². The van der Waals surface area contributed by atoms with Crippen LogP contribution in [0, 0.1) is 0 Å². The van der Waals surface area contributed by atoms with Crippen molar-refractivity contribution in [3.8, 4) is 0 Å². The molecule has 0 bridgehead atoms. The van der Waals surface area contributed by atoms with Gasteiger partial charge in [-0.1, -0.05) is 19.6 Å². The van der Waals surface area contributed by atoms with E-state index in [4.69, 9.17) is 0 Å². The quantitative estimate of drug-likeness (QED) is 0.492. The Balaban J connectivity index is 2.63. The Morgan fingerprint density at radius 1 is 1.50 bits per heavy atom. The lowest BCUT2D eigenvalue weighted by atomic mass is 11.9. The normalized spacial score (nSPS) is 12.0. The van der Waals surface area contributed by atoms with Crippen LogP contribution in [0.5, 0.6) is 0 Å². The van der Waals surface area contributed by atoms with Crippen molar-refractivity contribution in [3.63, 3.8) is 0 Å². The molecule has 0 aromatic carbocycles. The molecule has 38 valence electrons. The molecule has 0 atom stereocenters. The zero-order valence-corrected chi connectivity index (χ0v) is 7.35. The standard InChI is InChI=1S/C3H13NSi2/c1-5-4-6(2)3/h4,6H,5H2,1-3H3. The van der Waals surface area contributed by atoms with Gasteiger partial charge in [-0.05, 0) is 0 Å². The molecule has 0 amide bonds. The minimum atomic E-state index is -0.359. The van der Waals surface area contributed by atoms with E-state index in [1.165, 1.54) is 0 Å². The van der Waals surface area contributed by atoms with Crippen molar-refractivity contribution in [2.75, 3.05) is 0 Å². The van der Waals surface area contributed by atoms with E-state index in [-0.39, 0.29) is 18.6 Å². The molecule has 6 heavy (non-hydrogen) atoms. The monoisotopic (exact) mass is 119 g/mol. The molecule has 0 unspecified atom stereocenters. The maximum absolute atomic E-state index is 3.49. The predicted molar refractivity (Wildman–Crippen MR) is 36.4 cm³/mol. The second-order valence-corrected chi connectivity index (χ2v) is 6.36. The molecule has 0 saturated carbocycles. The largest absolute Gasteiger partial charge is 0.367 e. The van der Waals surface area contributed by atoms with E-state index in [1.54, 1.807) is 0 Å². The summed E-state index contributed by atoms with van der Waals surface area (Å²) in [5.41, 5.74) is 0. The van der Waals surface area contributed by atoms with Gasteiger partial charge >= 0.3 is 0 Å². The fourth-order valence-electron chi connectivity index (χ4n) is 0.408. The van der Waals surface area contributed by atoms with Gasteiger partial charge < -0.3 is 4.65 Å². The summed E-state index contributed by atoms with van der Waals surface area (Å²) >= 11 is 0. The average molecular weight is 119 g/mol. The zero-order chi connectivity index (χ0) is 4.99. The summed E-state index contributed by atoms with van der Waals surface area (Å²) in [6.45, 7) is 6.92.